The molecule has 13 heavy (non-hydrogen) atoms. The Morgan fingerprint density at radius 1 is 1.23 bits per heavy atom. The van der Waals surface area contributed by atoms with E-state index in [2.05, 4.69) is 19.2 Å². The van der Waals surface area contributed by atoms with Gasteiger partial charge in [-0.3, -0.25) is 0 Å². The van der Waals surface area contributed by atoms with Gasteiger partial charge in [-0.25, -0.2) is 0 Å². The molecule has 0 spiro atoms. The van der Waals surface area contributed by atoms with Crippen LogP contribution < -0.4 is 5.32 Å². The van der Waals surface area contributed by atoms with Gasteiger partial charge in [0.1, 0.15) is 0 Å². The van der Waals surface area contributed by atoms with Crippen LogP contribution in [0.1, 0.15) is 33.1 Å². The fourth-order valence-corrected chi connectivity index (χ4v) is 1.98. The van der Waals surface area contributed by atoms with Crippen LogP contribution in [0.3, 0.4) is 0 Å². The maximum Gasteiger partial charge on any atom is 0.0594 e. The standard InChI is InChI=1S/C11H23NO/c1-9-4-5-11(8-10(9)2)13-7-6-12-3/h9-12H,4-8H2,1-3H3. The third-order valence-electron chi connectivity index (χ3n) is 3.26. The van der Waals surface area contributed by atoms with Crippen LogP contribution in [-0.2, 0) is 4.74 Å². The highest BCUT2D eigenvalue weighted by Crippen LogP contribution is 2.30. The number of ether oxygens (including phenoxy) is 1. The molecular weight excluding hydrogens is 162 g/mol. The maximum absolute atomic E-state index is 5.78. The van der Waals surface area contributed by atoms with Crippen molar-refractivity contribution in [1.29, 1.82) is 0 Å². The van der Waals surface area contributed by atoms with Crippen molar-refractivity contribution in [2.45, 2.75) is 39.2 Å². The van der Waals surface area contributed by atoms with E-state index in [0.717, 1.165) is 25.0 Å². The average molecular weight is 185 g/mol. The Bertz CT molecular complexity index is 138. The summed E-state index contributed by atoms with van der Waals surface area (Å²) in [7, 11) is 1.97. The van der Waals surface area contributed by atoms with Crippen LogP contribution in [0.15, 0.2) is 0 Å². The van der Waals surface area contributed by atoms with E-state index in [9.17, 15) is 0 Å². The molecule has 0 bridgehead atoms. The quantitative estimate of drug-likeness (QED) is 0.677. The monoisotopic (exact) mass is 185 g/mol. The van der Waals surface area contributed by atoms with E-state index >= 15 is 0 Å². The van der Waals surface area contributed by atoms with Crippen molar-refractivity contribution in [2.75, 3.05) is 20.2 Å². The Balaban J connectivity index is 2.14. The highest BCUT2D eigenvalue weighted by Gasteiger charge is 2.24. The molecule has 0 heterocycles. The predicted molar refractivity (Wildman–Crippen MR) is 55.8 cm³/mol. The molecule has 1 aliphatic carbocycles. The van der Waals surface area contributed by atoms with Crippen LogP contribution in [0.2, 0.25) is 0 Å². The minimum Gasteiger partial charge on any atom is -0.377 e. The van der Waals surface area contributed by atoms with Crippen LogP contribution in [-0.4, -0.2) is 26.3 Å². The van der Waals surface area contributed by atoms with Gasteiger partial charge in [-0.05, 0) is 38.1 Å². The summed E-state index contributed by atoms with van der Waals surface area (Å²) in [4.78, 5) is 0. The fourth-order valence-electron chi connectivity index (χ4n) is 1.98. The van der Waals surface area contributed by atoms with Crippen molar-refractivity contribution in [3.05, 3.63) is 0 Å². The van der Waals surface area contributed by atoms with Crippen molar-refractivity contribution in [3.8, 4) is 0 Å². The topological polar surface area (TPSA) is 21.3 Å². The summed E-state index contributed by atoms with van der Waals surface area (Å²) < 4.78 is 5.78. The first-order valence-corrected chi connectivity index (χ1v) is 5.50. The Morgan fingerprint density at radius 3 is 2.62 bits per heavy atom. The average Bonchev–Trinajstić information content (AvgIpc) is 2.12. The molecule has 0 aromatic heterocycles. The lowest BCUT2D eigenvalue weighted by atomic mass is 9.80. The SMILES string of the molecule is CNCCOC1CCC(C)C(C)C1. The minimum atomic E-state index is 0.527. The molecule has 0 radical (unpaired) electrons. The summed E-state index contributed by atoms with van der Waals surface area (Å²) in [5, 5.41) is 3.10. The summed E-state index contributed by atoms with van der Waals surface area (Å²) in [6.07, 6.45) is 4.38. The smallest absolute Gasteiger partial charge is 0.0594 e. The van der Waals surface area contributed by atoms with E-state index in [1.54, 1.807) is 0 Å². The van der Waals surface area contributed by atoms with Gasteiger partial charge in [-0.1, -0.05) is 13.8 Å². The van der Waals surface area contributed by atoms with E-state index in [0.29, 0.717) is 6.10 Å². The molecular formula is C11H23NO. The zero-order valence-corrected chi connectivity index (χ0v) is 9.18. The Hall–Kier alpha value is -0.0800. The van der Waals surface area contributed by atoms with Gasteiger partial charge in [0.25, 0.3) is 0 Å². The van der Waals surface area contributed by atoms with Gasteiger partial charge in [-0.2, -0.15) is 0 Å². The highest BCUT2D eigenvalue weighted by molar-refractivity contribution is 4.75. The third kappa shape index (κ3) is 3.65. The molecule has 0 aromatic rings. The normalized spacial score (nSPS) is 34.8. The molecule has 1 saturated carbocycles. The molecule has 1 fully saturated rings. The minimum absolute atomic E-state index is 0.527. The lowest BCUT2D eigenvalue weighted by Gasteiger charge is -2.31. The lowest BCUT2D eigenvalue weighted by Crippen LogP contribution is -2.28. The van der Waals surface area contributed by atoms with Crippen molar-refractivity contribution in [3.63, 3.8) is 0 Å². The van der Waals surface area contributed by atoms with Gasteiger partial charge in [-0.15, -0.1) is 0 Å². The van der Waals surface area contributed by atoms with Gasteiger partial charge in [0.05, 0.1) is 12.7 Å². The second-order valence-corrected chi connectivity index (χ2v) is 4.36. The first-order chi connectivity index (χ1) is 6.24. The van der Waals surface area contributed by atoms with Crippen molar-refractivity contribution >= 4 is 0 Å². The third-order valence-corrected chi connectivity index (χ3v) is 3.26. The molecule has 78 valence electrons. The van der Waals surface area contributed by atoms with Gasteiger partial charge < -0.3 is 10.1 Å². The van der Waals surface area contributed by atoms with E-state index in [4.69, 9.17) is 4.74 Å². The molecule has 1 rings (SSSR count). The van der Waals surface area contributed by atoms with Gasteiger partial charge in [0.2, 0.25) is 0 Å². The molecule has 2 nitrogen and oxygen atoms in total. The Kier molecular flexibility index (Phi) is 4.74. The van der Waals surface area contributed by atoms with Crippen molar-refractivity contribution in [2.24, 2.45) is 11.8 Å². The zero-order chi connectivity index (χ0) is 9.68. The molecule has 2 heteroatoms. The molecule has 3 unspecified atom stereocenters. The van der Waals surface area contributed by atoms with Crippen LogP contribution in [0.25, 0.3) is 0 Å². The Morgan fingerprint density at radius 2 is 2.00 bits per heavy atom. The largest absolute Gasteiger partial charge is 0.377 e. The van der Waals surface area contributed by atoms with Crippen LogP contribution in [0.4, 0.5) is 0 Å². The van der Waals surface area contributed by atoms with Crippen molar-refractivity contribution in [1.82, 2.24) is 5.32 Å². The number of rotatable bonds is 4. The zero-order valence-electron chi connectivity index (χ0n) is 9.18. The predicted octanol–water partition coefficient (Wildman–Crippen LogP) is 2.05. The first kappa shape index (κ1) is 11.0. The first-order valence-electron chi connectivity index (χ1n) is 5.50. The second kappa shape index (κ2) is 5.61. The van der Waals surface area contributed by atoms with Crippen LogP contribution in [0.5, 0.6) is 0 Å². The number of likely N-dealkylation sites (N-methyl/N-ethyl adjacent to an activating group) is 1. The summed E-state index contributed by atoms with van der Waals surface area (Å²) in [5.74, 6) is 1.73. The highest BCUT2D eigenvalue weighted by atomic mass is 16.5. The van der Waals surface area contributed by atoms with Crippen molar-refractivity contribution < 1.29 is 4.74 Å². The van der Waals surface area contributed by atoms with E-state index in [-0.39, 0.29) is 0 Å². The molecule has 0 amide bonds. The summed E-state index contributed by atoms with van der Waals surface area (Å²) in [5.41, 5.74) is 0. The molecule has 1 N–H and O–H groups in total. The molecule has 1 aliphatic rings. The summed E-state index contributed by atoms with van der Waals surface area (Å²) in [6, 6.07) is 0. The van der Waals surface area contributed by atoms with Gasteiger partial charge >= 0.3 is 0 Å². The lowest BCUT2D eigenvalue weighted by molar-refractivity contribution is 0.00481. The second-order valence-electron chi connectivity index (χ2n) is 4.36. The Labute approximate surface area is 82.0 Å². The van der Waals surface area contributed by atoms with E-state index in [1.165, 1.54) is 19.3 Å². The summed E-state index contributed by atoms with van der Waals surface area (Å²) in [6.45, 7) is 6.54. The number of nitrogens with one attached hydrogen (secondary N) is 1. The fraction of sp³-hybridized carbons (Fsp3) is 1.00. The van der Waals surface area contributed by atoms with Crippen LogP contribution in [0, 0.1) is 11.8 Å². The molecule has 0 aliphatic heterocycles. The molecule has 3 atom stereocenters. The van der Waals surface area contributed by atoms with Gasteiger partial charge in [0.15, 0.2) is 0 Å². The maximum atomic E-state index is 5.78. The van der Waals surface area contributed by atoms with E-state index < -0.39 is 0 Å². The molecule has 0 aromatic carbocycles. The van der Waals surface area contributed by atoms with E-state index in [1.807, 2.05) is 7.05 Å². The summed E-state index contributed by atoms with van der Waals surface area (Å²) >= 11 is 0. The number of hydrogen-bond acceptors (Lipinski definition) is 2. The number of hydrogen-bond donors (Lipinski definition) is 1. The van der Waals surface area contributed by atoms with Gasteiger partial charge in [0, 0.05) is 6.54 Å². The van der Waals surface area contributed by atoms with Crippen LogP contribution >= 0.6 is 0 Å². The molecule has 0 saturated heterocycles.